The minimum atomic E-state index is -1.18. The van der Waals surface area contributed by atoms with Crippen molar-refractivity contribution in [1.82, 2.24) is 16.1 Å². The first-order valence-electron chi connectivity index (χ1n) is 12.8. The first-order chi connectivity index (χ1) is 20.2. The third kappa shape index (κ3) is 8.27. The van der Waals surface area contributed by atoms with Crippen LogP contribution >= 0.6 is 0 Å². The third-order valence-corrected chi connectivity index (χ3v) is 5.87. The molecular formula is C28H34N4O10. The maximum atomic E-state index is 12.4. The Kier molecular flexibility index (Phi) is 11.4. The summed E-state index contributed by atoms with van der Waals surface area (Å²) in [6.07, 6.45) is 0.276. The molecule has 0 aliphatic carbocycles. The first kappa shape index (κ1) is 31.5. The Hall–Kier alpha value is -4.98. The molecule has 0 saturated heterocycles. The average molecular weight is 587 g/mol. The highest BCUT2D eigenvalue weighted by Crippen LogP contribution is 2.35. The van der Waals surface area contributed by atoms with Gasteiger partial charge in [-0.05, 0) is 55.3 Å². The van der Waals surface area contributed by atoms with Crippen molar-refractivity contribution in [3.8, 4) is 23.0 Å². The highest BCUT2D eigenvalue weighted by molar-refractivity contribution is 5.95. The predicted octanol–water partition coefficient (Wildman–Crippen LogP) is 1.77. The predicted molar refractivity (Wildman–Crippen MR) is 149 cm³/mol. The van der Waals surface area contributed by atoms with Crippen LogP contribution in [0.3, 0.4) is 0 Å². The van der Waals surface area contributed by atoms with Crippen LogP contribution in [0.1, 0.15) is 31.0 Å². The highest BCUT2D eigenvalue weighted by Gasteiger charge is 2.32. The summed E-state index contributed by atoms with van der Waals surface area (Å²) in [6, 6.07) is 8.65. The van der Waals surface area contributed by atoms with Gasteiger partial charge in [-0.2, -0.15) is 5.10 Å². The molecule has 14 heteroatoms. The smallest absolute Gasteiger partial charge is 0.343 e. The van der Waals surface area contributed by atoms with Crippen LogP contribution in [0.5, 0.6) is 23.0 Å². The summed E-state index contributed by atoms with van der Waals surface area (Å²) in [5.74, 6) is 0.307. The van der Waals surface area contributed by atoms with Gasteiger partial charge in [0.15, 0.2) is 35.8 Å². The molecule has 226 valence electrons. The Morgan fingerprint density at radius 1 is 1.02 bits per heavy atom. The summed E-state index contributed by atoms with van der Waals surface area (Å²) in [5, 5.41) is 19.7. The minimum Gasteiger partial charge on any atom is -0.493 e. The van der Waals surface area contributed by atoms with Crippen molar-refractivity contribution in [3.05, 3.63) is 58.8 Å². The molecule has 2 atom stereocenters. The van der Waals surface area contributed by atoms with E-state index in [0.29, 0.717) is 46.4 Å². The Morgan fingerprint density at radius 2 is 1.76 bits per heavy atom. The fourth-order valence-electron chi connectivity index (χ4n) is 3.90. The number of aliphatic hydroxyl groups is 1. The van der Waals surface area contributed by atoms with Crippen molar-refractivity contribution < 1.29 is 47.9 Å². The Bertz CT molecular complexity index is 1340. The van der Waals surface area contributed by atoms with Crippen LogP contribution in [-0.4, -0.2) is 76.7 Å². The maximum absolute atomic E-state index is 12.4. The molecule has 42 heavy (non-hydrogen) atoms. The van der Waals surface area contributed by atoms with Gasteiger partial charge in [-0.25, -0.2) is 14.4 Å². The number of aliphatic hydroxyl groups excluding tert-OH is 1. The molecule has 0 unspecified atom stereocenters. The van der Waals surface area contributed by atoms with Crippen LogP contribution in [0.25, 0.3) is 0 Å². The number of hydrogen-bond donors (Lipinski definition) is 4. The fraction of sp³-hybridized carbons (Fsp3) is 0.357. The third-order valence-electron chi connectivity index (χ3n) is 5.87. The molecule has 2 aromatic rings. The number of benzene rings is 2. The standard InChI is InChI=1S/C28H34N4O10/c1-6-40-22-12-18(26-25(27(35)39-5)16(2)30-28(36)31-26)8-10-20(22)41-14-23(33)32-29-13-17-7-9-19(21(11-17)37-3)42-15-24(34)38-4/h7-13,23,26,32-33H,6,14-15H2,1-5H3,(H2,30,31,36)/b29-13-/t23-,26+/m1/s1. The number of esters is 2. The van der Waals surface area contributed by atoms with Crippen molar-refractivity contribution >= 4 is 24.2 Å². The van der Waals surface area contributed by atoms with E-state index in [4.69, 9.17) is 23.7 Å². The molecule has 0 saturated carbocycles. The molecule has 3 rings (SSSR count). The molecule has 1 heterocycles. The zero-order valence-electron chi connectivity index (χ0n) is 23.9. The quantitative estimate of drug-likeness (QED) is 0.110. The SMILES string of the molecule is CCOc1cc([C@@H]2NC(=O)NC(C)=C2C(=O)OC)ccc1OC[C@@H](O)N/N=C\c1ccc(OCC(=O)OC)c(OC)c1. The number of allylic oxidation sites excluding steroid dienone is 1. The molecule has 0 radical (unpaired) electrons. The Morgan fingerprint density at radius 3 is 2.45 bits per heavy atom. The van der Waals surface area contributed by atoms with E-state index in [0.717, 1.165) is 0 Å². The van der Waals surface area contributed by atoms with Crippen LogP contribution in [0.2, 0.25) is 0 Å². The van der Waals surface area contributed by atoms with Crippen LogP contribution in [-0.2, 0) is 19.1 Å². The van der Waals surface area contributed by atoms with Gasteiger partial charge in [0.1, 0.15) is 6.61 Å². The van der Waals surface area contributed by atoms with Crippen LogP contribution in [0, 0.1) is 0 Å². The maximum Gasteiger partial charge on any atom is 0.343 e. The number of hydrogen-bond acceptors (Lipinski definition) is 12. The molecule has 0 fully saturated rings. The second-order valence-electron chi connectivity index (χ2n) is 8.69. The van der Waals surface area contributed by atoms with Gasteiger partial charge in [0.25, 0.3) is 0 Å². The van der Waals surface area contributed by atoms with Gasteiger partial charge in [0, 0.05) is 5.70 Å². The molecule has 2 aromatic carbocycles. The molecular weight excluding hydrogens is 552 g/mol. The summed E-state index contributed by atoms with van der Waals surface area (Å²) in [5.41, 5.74) is 4.40. The van der Waals surface area contributed by atoms with Gasteiger partial charge in [-0.1, -0.05) is 6.07 Å². The van der Waals surface area contributed by atoms with Gasteiger partial charge >= 0.3 is 18.0 Å². The second kappa shape index (κ2) is 15.1. The second-order valence-corrected chi connectivity index (χ2v) is 8.69. The summed E-state index contributed by atoms with van der Waals surface area (Å²) < 4.78 is 31.6. The lowest BCUT2D eigenvalue weighted by atomic mass is 9.95. The van der Waals surface area contributed by atoms with Gasteiger partial charge in [0.2, 0.25) is 0 Å². The largest absolute Gasteiger partial charge is 0.493 e. The lowest BCUT2D eigenvalue weighted by Gasteiger charge is -2.28. The molecule has 2 amide bonds. The number of amides is 2. The van der Waals surface area contributed by atoms with Crippen molar-refractivity contribution in [1.29, 1.82) is 0 Å². The number of nitrogens with one attached hydrogen (secondary N) is 3. The van der Waals surface area contributed by atoms with E-state index < -0.39 is 30.2 Å². The highest BCUT2D eigenvalue weighted by atomic mass is 16.6. The summed E-state index contributed by atoms with van der Waals surface area (Å²) in [4.78, 5) is 35.8. The molecule has 1 aliphatic heterocycles. The van der Waals surface area contributed by atoms with Gasteiger partial charge in [-0.3, -0.25) is 5.43 Å². The number of carbonyl (C=O) groups excluding carboxylic acids is 3. The van der Waals surface area contributed by atoms with Crippen LogP contribution < -0.4 is 35.0 Å². The zero-order chi connectivity index (χ0) is 30.6. The number of methoxy groups -OCH3 is 3. The Balaban J connectivity index is 1.65. The number of rotatable bonds is 14. The number of urea groups is 1. The minimum absolute atomic E-state index is 0.184. The molecule has 0 aromatic heterocycles. The summed E-state index contributed by atoms with van der Waals surface area (Å²) >= 11 is 0. The van der Waals surface area contributed by atoms with E-state index >= 15 is 0 Å². The van der Waals surface area contributed by atoms with Crippen LogP contribution in [0.15, 0.2) is 52.8 Å². The topological polar surface area (TPSA) is 175 Å². The van der Waals surface area contributed by atoms with E-state index in [1.54, 1.807) is 50.2 Å². The number of ether oxygens (including phenoxy) is 6. The fourth-order valence-corrected chi connectivity index (χ4v) is 3.90. The van der Waals surface area contributed by atoms with E-state index in [-0.39, 0.29) is 18.8 Å². The average Bonchev–Trinajstić information content (AvgIpc) is 2.98. The lowest BCUT2D eigenvalue weighted by Crippen LogP contribution is -2.45. The molecule has 0 bridgehead atoms. The monoisotopic (exact) mass is 586 g/mol. The van der Waals surface area contributed by atoms with E-state index in [1.807, 2.05) is 0 Å². The lowest BCUT2D eigenvalue weighted by molar-refractivity contribution is -0.143. The Labute approximate surface area is 242 Å². The molecule has 4 N–H and O–H groups in total. The molecule has 0 spiro atoms. The first-order valence-corrected chi connectivity index (χ1v) is 12.8. The molecule has 14 nitrogen and oxygen atoms in total. The van der Waals surface area contributed by atoms with Crippen molar-refractivity contribution in [2.45, 2.75) is 26.1 Å². The van der Waals surface area contributed by atoms with Crippen LogP contribution in [0.4, 0.5) is 4.79 Å². The normalized spacial score (nSPS) is 15.3. The summed E-state index contributed by atoms with van der Waals surface area (Å²) in [7, 11) is 3.99. The van der Waals surface area contributed by atoms with Gasteiger partial charge in [-0.15, -0.1) is 0 Å². The number of nitrogens with zero attached hydrogens (tertiary/aromatic N) is 1. The molecule has 1 aliphatic rings. The zero-order valence-corrected chi connectivity index (χ0v) is 23.9. The summed E-state index contributed by atoms with van der Waals surface area (Å²) in [6.45, 7) is 3.28. The van der Waals surface area contributed by atoms with Gasteiger partial charge < -0.3 is 44.2 Å². The van der Waals surface area contributed by atoms with Crippen molar-refractivity contribution in [3.63, 3.8) is 0 Å². The van der Waals surface area contributed by atoms with E-state index in [1.165, 1.54) is 27.5 Å². The number of carbonyl (C=O) groups is 3. The van der Waals surface area contributed by atoms with Crippen molar-refractivity contribution in [2.75, 3.05) is 41.2 Å². The van der Waals surface area contributed by atoms with Gasteiger partial charge in [0.05, 0.1) is 45.8 Å². The van der Waals surface area contributed by atoms with E-state index in [2.05, 4.69) is 25.9 Å². The van der Waals surface area contributed by atoms with E-state index in [9.17, 15) is 19.5 Å². The number of hydrazone groups is 1. The van der Waals surface area contributed by atoms with Crippen molar-refractivity contribution in [2.24, 2.45) is 5.10 Å².